The van der Waals surface area contributed by atoms with Gasteiger partial charge in [0.2, 0.25) is 0 Å². The van der Waals surface area contributed by atoms with Crippen LogP contribution in [0.3, 0.4) is 0 Å². The van der Waals surface area contributed by atoms with Gasteiger partial charge in [-0.15, -0.1) is 0 Å². The normalized spacial score (nSPS) is 0.500. The van der Waals surface area contributed by atoms with Gasteiger partial charge in [-0.25, -0.2) is 0 Å². The summed E-state index contributed by atoms with van der Waals surface area (Å²) in [4.78, 5) is 0. The third-order valence-corrected chi connectivity index (χ3v) is 0. The van der Waals surface area contributed by atoms with Gasteiger partial charge in [0.25, 0.3) is 0 Å². The Kier molecular flexibility index (Phi) is 81.8. The van der Waals surface area contributed by atoms with Crippen molar-refractivity contribution in [3.05, 3.63) is 6.57 Å². The van der Waals surface area contributed by atoms with Crippen molar-refractivity contribution in [3.8, 4) is 0 Å². The minimum Gasteiger partial charge on any atom is -0.512 e. The molecule has 0 aliphatic carbocycles. The molecule has 0 saturated heterocycles. The summed E-state index contributed by atoms with van der Waals surface area (Å²) in [7, 11) is 0. The van der Waals surface area contributed by atoms with Crippen LogP contribution < -0.4 is 51.4 Å². The molecule has 0 rings (SSSR count). The molecule has 0 unspecified atom stereocenters. The molecule has 3 heteroatoms. The van der Waals surface area contributed by atoms with E-state index in [1.165, 1.54) is 0 Å². The minimum atomic E-state index is 0. The second-order valence-electron chi connectivity index (χ2n) is 0. The number of hydrogen-bond acceptors (Lipinski definition) is 1. The zero-order valence-electron chi connectivity index (χ0n) is 2.65. The van der Waals surface area contributed by atoms with Crippen LogP contribution in [0.4, 0.5) is 0 Å². The first kappa shape index (κ1) is 16.6. The zero-order chi connectivity index (χ0) is 2.00. The second-order valence-corrected chi connectivity index (χ2v) is 0. The Morgan fingerprint density at radius 2 is 1.25 bits per heavy atom. The van der Waals surface area contributed by atoms with E-state index in [9.17, 15) is 0 Å². The fourth-order valence-electron chi connectivity index (χ4n) is 0. The molecular weight excluding hydrogens is 178 g/mol. The van der Waals surface area contributed by atoms with E-state index < -0.39 is 0 Å². The molecule has 0 saturated carbocycles. The Bertz CT molecular complexity index is 12.8. The monoisotopic (exact) mass is 179 g/mol. The molecule has 0 aromatic carbocycles. The molecule has 0 aromatic heterocycles. The predicted molar refractivity (Wildman–Crippen MR) is 4.97 cm³/mol. The summed E-state index contributed by atoms with van der Waals surface area (Å²) in [5, 5.41) is 6.25. The molecule has 0 spiro atoms. The van der Waals surface area contributed by atoms with E-state index in [1.54, 1.807) is 0 Å². The van der Waals surface area contributed by atoms with Gasteiger partial charge < -0.3 is 11.8 Å². The first-order chi connectivity index (χ1) is 1.00. The largest absolute Gasteiger partial charge is 1.00 e. The molecule has 0 radical (unpaired) electrons. The van der Waals surface area contributed by atoms with Crippen LogP contribution in [0.2, 0.25) is 0 Å². The topological polar surface area (TPSA) is 23.8 Å². The van der Waals surface area contributed by atoms with Crippen molar-refractivity contribution in [2.45, 2.75) is 0 Å². The van der Waals surface area contributed by atoms with E-state index >= 15 is 0 Å². The zero-order valence-corrected chi connectivity index (χ0v) is 9.81. The molecule has 0 bridgehead atoms. The van der Waals surface area contributed by atoms with Crippen LogP contribution in [0.25, 0.3) is 0 Å². The average molecular weight is 178 g/mol. The molecule has 0 N–H and O–H groups in total. The molecule has 0 amide bonds. The fraction of sp³-hybridized carbons (Fsp3) is 0. The minimum absolute atomic E-state index is 0. The summed E-state index contributed by atoms with van der Waals surface area (Å²) in [6, 6.07) is 0. The summed E-state index contributed by atoms with van der Waals surface area (Å²) >= 11 is 0. The summed E-state index contributed by atoms with van der Waals surface area (Å²) in [6.45, 7) is 4.75. The van der Waals surface area contributed by atoms with E-state index in [-0.39, 0.29) is 78.7 Å². The van der Waals surface area contributed by atoms with Crippen molar-refractivity contribution in [2.24, 2.45) is 0 Å². The van der Waals surface area contributed by atoms with Gasteiger partial charge in [0.05, 0.1) is 0 Å². The van der Waals surface area contributed by atoms with Crippen molar-refractivity contribution in [1.82, 2.24) is 0 Å². The maximum Gasteiger partial charge on any atom is 1.00 e. The molecule has 0 aliphatic rings. The molecule has 0 aromatic rings. The first-order valence-electron chi connectivity index (χ1n) is 0.224. The van der Waals surface area contributed by atoms with Gasteiger partial charge in [-0.1, -0.05) is 0 Å². The summed E-state index contributed by atoms with van der Waals surface area (Å²) in [6.07, 6.45) is 0. The maximum atomic E-state index is 6.25. The quantitative estimate of drug-likeness (QED) is 0.288. The first-order valence-corrected chi connectivity index (χ1v) is 0.224. The van der Waals surface area contributed by atoms with E-state index in [1.807, 2.05) is 0 Å². The number of hydrogen-bond donors (Lipinski definition) is 0. The van der Waals surface area contributed by atoms with E-state index in [0.29, 0.717) is 0 Å². The predicted octanol–water partition coefficient (Wildman–Crippen LogP) is -2.90. The van der Waals surface area contributed by atoms with Crippen LogP contribution >= 0.6 is 0 Å². The summed E-state index contributed by atoms with van der Waals surface area (Å²) < 4.78 is 0. The molecule has 0 heterocycles. The average Bonchev–Trinajstić information content (AvgIpc) is 1.00. The number of rotatable bonds is 0. The van der Waals surface area contributed by atoms with Crippen molar-refractivity contribution >= 4 is 0 Å². The Morgan fingerprint density at radius 1 is 1.25 bits per heavy atom. The van der Waals surface area contributed by atoms with E-state index in [2.05, 4.69) is 0 Å². The van der Waals surface area contributed by atoms with Crippen molar-refractivity contribution < 1.29 is 78.7 Å². The Labute approximate surface area is 88.3 Å². The van der Waals surface area contributed by atoms with Crippen molar-refractivity contribution in [1.29, 1.82) is 5.26 Å². The van der Waals surface area contributed by atoms with Crippen LogP contribution in [-0.4, -0.2) is 0 Å². The van der Waals surface area contributed by atoms with Crippen LogP contribution in [-0.2, 0) is 27.3 Å². The van der Waals surface area contributed by atoms with Gasteiger partial charge in [0.1, 0.15) is 0 Å². The Morgan fingerprint density at radius 3 is 1.25 bits per heavy atom. The van der Waals surface area contributed by atoms with Gasteiger partial charge in [0, 0.05) is 27.3 Å². The van der Waals surface area contributed by atoms with Crippen molar-refractivity contribution in [3.63, 3.8) is 0 Å². The van der Waals surface area contributed by atoms with Crippen LogP contribution in [0.5, 0.6) is 0 Å². The standard InChI is InChI=1S/CN.Cd.K/c1-2;;/q-1;;+1. The molecule has 12 valence electrons. The third kappa shape index (κ3) is 8.97. The van der Waals surface area contributed by atoms with Crippen LogP contribution in [0, 0.1) is 11.8 Å². The van der Waals surface area contributed by atoms with Crippen molar-refractivity contribution in [2.75, 3.05) is 0 Å². The van der Waals surface area contributed by atoms with Gasteiger partial charge in [-0.3, -0.25) is 0 Å². The van der Waals surface area contributed by atoms with Gasteiger partial charge in [-0.2, -0.15) is 0 Å². The van der Waals surface area contributed by atoms with E-state index in [0.717, 1.165) is 0 Å². The third-order valence-electron chi connectivity index (χ3n) is 0. The molecule has 1 nitrogen and oxygen atoms in total. The second kappa shape index (κ2) is 19.7. The van der Waals surface area contributed by atoms with E-state index in [4.69, 9.17) is 11.8 Å². The number of nitrogens with zero attached hydrogens (tertiary/aromatic N) is 1. The smallest absolute Gasteiger partial charge is 0.512 e. The molecule has 0 fully saturated rings. The summed E-state index contributed by atoms with van der Waals surface area (Å²) in [5.74, 6) is 0. The Balaban J connectivity index is -0.00000000500. The van der Waals surface area contributed by atoms with Crippen LogP contribution in [0.1, 0.15) is 0 Å². The molecule has 4 heavy (non-hydrogen) atoms. The SMILES string of the molecule is [C-]#N.[Cd].[K+]. The van der Waals surface area contributed by atoms with Gasteiger partial charge in [0.15, 0.2) is 0 Å². The fourth-order valence-corrected chi connectivity index (χ4v) is 0. The summed E-state index contributed by atoms with van der Waals surface area (Å²) in [5.41, 5.74) is 0. The molecule has 0 atom stereocenters. The maximum absolute atomic E-state index is 6.25. The van der Waals surface area contributed by atoms with Crippen LogP contribution in [0.15, 0.2) is 0 Å². The Hall–Kier alpha value is 2.05. The van der Waals surface area contributed by atoms with Gasteiger partial charge in [-0.05, 0) is 0 Å². The van der Waals surface area contributed by atoms with Gasteiger partial charge >= 0.3 is 51.4 Å². The molecular formula is CCdKN. The molecule has 0 aliphatic heterocycles.